The summed E-state index contributed by atoms with van der Waals surface area (Å²) in [6.45, 7) is 12.4. The molecule has 4 heteroatoms. The minimum absolute atomic E-state index is 0.104. The first kappa shape index (κ1) is 14.7. The van der Waals surface area contributed by atoms with Gasteiger partial charge in [0.15, 0.2) is 0 Å². The molecule has 0 fully saturated rings. The highest BCUT2D eigenvalue weighted by Crippen LogP contribution is 2.46. The molecule has 0 radical (unpaired) electrons. The average molecular weight is 277 g/mol. The van der Waals surface area contributed by atoms with Crippen molar-refractivity contribution in [2.45, 2.75) is 59.0 Å². The molecule has 0 bridgehead atoms. The van der Waals surface area contributed by atoms with Gasteiger partial charge in [-0.05, 0) is 37.8 Å². The molecule has 0 aromatic heterocycles. The van der Waals surface area contributed by atoms with Crippen molar-refractivity contribution in [3.8, 4) is 5.75 Å². The van der Waals surface area contributed by atoms with E-state index in [0.29, 0.717) is 5.69 Å². The minimum Gasteiger partial charge on any atom is -0.487 e. The summed E-state index contributed by atoms with van der Waals surface area (Å²) in [6.07, 6.45) is -0.238. The van der Waals surface area contributed by atoms with Crippen LogP contribution >= 0.6 is 0 Å². The number of hydrogen-bond acceptors (Lipinski definition) is 2. The molecule has 0 saturated carbocycles. The molecule has 4 nitrogen and oxygen atoms in total. The van der Waals surface area contributed by atoms with Crippen molar-refractivity contribution in [1.29, 1.82) is 0 Å². The van der Waals surface area contributed by atoms with Gasteiger partial charge in [0, 0.05) is 23.2 Å². The maximum Gasteiger partial charge on any atom is 0.409 e. The molecule has 1 aliphatic rings. The van der Waals surface area contributed by atoms with E-state index in [4.69, 9.17) is 9.84 Å². The Hall–Kier alpha value is -1.71. The van der Waals surface area contributed by atoms with Crippen LogP contribution in [0.15, 0.2) is 6.07 Å². The molecule has 110 valence electrons. The van der Waals surface area contributed by atoms with Crippen molar-refractivity contribution in [1.82, 2.24) is 0 Å². The molecule has 0 saturated heterocycles. The first-order valence-corrected chi connectivity index (χ1v) is 6.87. The van der Waals surface area contributed by atoms with Crippen LogP contribution in [0.5, 0.6) is 5.75 Å². The van der Waals surface area contributed by atoms with Crippen LogP contribution in [0.3, 0.4) is 0 Å². The zero-order valence-electron chi connectivity index (χ0n) is 13.0. The van der Waals surface area contributed by atoms with Crippen molar-refractivity contribution < 1.29 is 14.6 Å². The molecule has 0 atom stereocenters. The van der Waals surface area contributed by atoms with Gasteiger partial charge in [-0.3, -0.25) is 5.32 Å². The molecular weight excluding hydrogens is 254 g/mol. The lowest BCUT2D eigenvalue weighted by Crippen LogP contribution is -2.25. The Morgan fingerprint density at radius 1 is 1.40 bits per heavy atom. The summed E-state index contributed by atoms with van der Waals surface area (Å²) in [6, 6.07) is 1.91. The number of carbonyl (C=O) groups is 1. The van der Waals surface area contributed by atoms with Gasteiger partial charge in [0.05, 0.1) is 0 Å². The van der Waals surface area contributed by atoms with Crippen LogP contribution < -0.4 is 10.1 Å². The maximum absolute atomic E-state index is 11.0. The van der Waals surface area contributed by atoms with Gasteiger partial charge in [-0.15, -0.1) is 0 Å². The third kappa shape index (κ3) is 2.60. The zero-order valence-corrected chi connectivity index (χ0v) is 13.0. The minimum atomic E-state index is -1.04. The van der Waals surface area contributed by atoms with Gasteiger partial charge in [-0.2, -0.15) is 0 Å². The molecule has 1 aromatic carbocycles. The Balaban J connectivity index is 2.65. The fraction of sp³-hybridized carbons (Fsp3) is 0.562. The van der Waals surface area contributed by atoms with Gasteiger partial charge in [0.2, 0.25) is 0 Å². The normalized spacial score (nSPS) is 16.5. The molecular formula is C16H23NO3. The highest BCUT2D eigenvalue weighted by molar-refractivity contribution is 5.85. The zero-order chi connectivity index (χ0) is 15.3. The van der Waals surface area contributed by atoms with E-state index in [1.54, 1.807) is 0 Å². The van der Waals surface area contributed by atoms with Crippen LogP contribution in [0.1, 0.15) is 51.3 Å². The van der Waals surface area contributed by atoms with Crippen molar-refractivity contribution >= 4 is 11.8 Å². The molecule has 0 aliphatic carbocycles. The SMILES string of the molecule is Cc1c(NC(=O)O)cc(C(C)(C)C)c2c1CC(C)(C)O2. The van der Waals surface area contributed by atoms with Crippen LogP contribution in [-0.2, 0) is 11.8 Å². The monoisotopic (exact) mass is 277 g/mol. The van der Waals surface area contributed by atoms with E-state index < -0.39 is 6.09 Å². The standard InChI is InChI=1S/C16H23NO3/c1-9-10-8-16(5,6)20-13(10)11(15(2,3)4)7-12(9)17-14(18)19/h7,17H,8H2,1-6H3,(H,18,19). The maximum atomic E-state index is 11.0. The summed E-state index contributed by atoms with van der Waals surface area (Å²) in [5.74, 6) is 0.927. The van der Waals surface area contributed by atoms with Crippen molar-refractivity contribution in [3.63, 3.8) is 0 Å². The fourth-order valence-electron chi connectivity index (χ4n) is 2.68. The Morgan fingerprint density at radius 3 is 2.50 bits per heavy atom. The summed E-state index contributed by atoms with van der Waals surface area (Å²) < 4.78 is 6.12. The first-order chi connectivity index (χ1) is 9.01. The number of ether oxygens (including phenoxy) is 1. The quantitative estimate of drug-likeness (QED) is 0.812. The van der Waals surface area contributed by atoms with Gasteiger partial charge >= 0.3 is 6.09 Å². The van der Waals surface area contributed by atoms with Crippen LogP contribution in [0.25, 0.3) is 0 Å². The number of benzene rings is 1. The number of fused-ring (bicyclic) bond motifs is 1. The summed E-state index contributed by atoms with van der Waals surface area (Å²) in [4.78, 5) is 11.0. The number of anilines is 1. The van der Waals surface area contributed by atoms with E-state index in [-0.39, 0.29) is 11.0 Å². The molecule has 1 aromatic rings. The van der Waals surface area contributed by atoms with Crippen molar-refractivity contribution in [3.05, 3.63) is 22.8 Å². The fourth-order valence-corrected chi connectivity index (χ4v) is 2.68. The predicted octanol–water partition coefficient (Wildman–Crippen LogP) is 4.10. The van der Waals surface area contributed by atoms with E-state index in [1.165, 1.54) is 0 Å². The van der Waals surface area contributed by atoms with Crippen molar-refractivity contribution in [2.75, 3.05) is 5.32 Å². The second-order valence-electron chi connectivity index (χ2n) is 7.12. The largest absolute Gasteiger partial charge is 0.487 e. The van der Waals surface area contributed by atoms with Crippen LogP contribution in [0, 0.1) is 6.92 Å². The molecule has 2 rings (SSSR count). The molecule has 20 heavy (non-hydrogen) atoms. The summed E-state index contributed by atoms with van der Waals surface area (Å²) in [5.41, 5.74) is 3.43. The van der Waals surface area contributed by atoms with Gasteiger partial charge in [0.1, 0.15) is 11.4 Å². The van der Waals surface area contributed by atoms with Gasteiger partial charge in [-0.25, -0.2) is 4.79 Å². The van der Waals surface area contributed by atoms with E-state index in [1.807, 2.05) is 13.0 Å². The second-order valence-corrected chi connectivity index (χ2v) is 7.12. The van der Waals surface area contributed by atoms with Gasteiger partial charge in [-0.1, -0.05) is 20.8 Å². The smallest absolute Gasteiger partial charge is 0.409 e. The van der Waals surface area contributed by atoms with E-state index >= 15 is 0 Å². The Labute approximate surface area is 120 Å². The summed E-state index contributed by atoms with van der Waals surface area (Å²) in [5, 5.41) is 11.5. The molecule has 1 amide bonds. The average Bonchev–Trinajstić information content (AvgIpc) is 2.56. The summed E-state index contributed by atoms with van der Waals surface area (Å²) >= 11 is 0. The van der Waals surface area contributed by atoms with Gasteiger partial charge in [0.25, 0.3) is 0 Å². The number of nitrogens with one attached hydrogen (secondary N) is 1. The first-order valence-electron chi connectivity index (χ1n) is 6.87. The van der Waals surface area contributed by atoms with Crippen LogP contribution in [0.2, 0.25) is 0 Å². The third-order valence-corrected chi connectivity index (χ3v) is 3.69. The molecule has 0 spiro atoms. The highest BCUT2D eigenvalue weighted by Gasteiger charge is 2.36. The van der Waals surface area contributed by atoms with Crippen molar-refractivity contribution in [2.24, 2.45) is 0 Å². The molecule has 0 unspecified atom stereocenters. The lowest BCUT2D eigenvalue weighted by Gasteiger charge is -2.25. The van der Waals surface area contributed by atoms with Gasteiger partial charge < -0.3 is 9.84 Å². The van der Waals surface area contributed by atoms with Crippen LogP contribution in [-0.4, -0.2) is 16.8 Å². The van der Waals surface area contributed by atoms with E-state index in [9.17, 15) is 4.79 Å². The molecule has 2 N–H and O–H groups in total. The lowest BCUT2D eigenvalue weighted by molar-refractivity contribution is 0.136. The Morgan fingerprint density at radius 2 is 2.00 bits per heavy atom. The Kier molecular flexibility index (Phi) is 3.23. The number of carboxylic acid groups (broad SMARTS) is 1. The number of hydrogen-bond donors (Lipinski definition) is 2. The molecule has 1 aliphatic heterocycles. The lowest BCUT2D eigenvalue weighted by atomic mass is 9.83. The Bertz CT molecular complexity index is 568. The number of amides is 1. The third-order valence-electron chi connectivity index (χ3n) is 3.69. The number of rotatable bonds is 1. The van der Waals surface area contributed by atoms with Crippen LogP contribution in [0.4, 0.5) is 10.5 Å². The second kappa shape index (κ2) is 4.40. The summed E-state index contributed by atoms with van der Waals surface area (Å²) in [7, 11) is 0. The highest BCUT2D eigenvalue weighted by atomic mass is 16.5. The topological polar surface area (TPSA) is 58.6 Å². The van der Waals surface area contributed by atoms with E-state index in [2.05, 4.69) is 39.9 Å². The van der Waals surface area contributed by atoms with E-state index in [0.717, 1.165) is 28.9 Å². The molecule has 1 heterocycles. The predicted molar refractivity (Wildman–Crippen MR) is 79.9 cm³/mol.